The molecule has 0 amide bonds. The molecule has 1 aliphatic rings. The Bertz CT molecular complexity index is 727. The number of ketones is 1. The van der Waals surface area contributed by atoms with Crippen molar-refractivity contribution in [1.29, 1.82) is 0 Å². The number of oxime groups is 1. The van der Waals surface area contributed by atoms with E-state index >= 15 is 0 Å². The molecule has 0 heterocycles. The number of benzene rings is 1. The van der Waals surface area contributed by atoms with Crippen molar-refractivity contribution in [2.75, 3.05) is 0 Å². The van der Waals surface area contributed by atoms with E-state index in [1.54, 1.807) is 6.92 Å². The van der Waals surface area contributed by atoms with Crippen LogP contribution in [0.3, 0.4) is 0 Å². The minimum absolute atomic E-state index is 0.0764. The second-order valence-corrected chi connectivity index (χ2v) is 6.67. The quantitative estimate of drug-likeness (QED) is 0.308. The number of halogens is 2. The first-order valence-electron chi connectivity index (χ1n) is 6.35. The summed E-state index contributed by atoms with van der Waals surface area (Å²) in [6.07, 6.45) is 1.53. The lowest BCUT2D eigenvalue weighted by Gasteiger charge is -2.20. The molecule has 7 nitrogen and oxygen atoms in total. The third-order valence-corrected chi connectivity index (χ3v) is 5.74. The maximum atomic E-state index is 11.9. The van der Waals surface area contributed by atoms with Crippen molar-refractivity contribution in [3.05, 3.63) is 51.6 Å². The Balaban J connectivity index is 2.14. The molecule has 9 heteroatoms. The van der Waals surface area contributed by atoms with Gasteiger partial charge in [0.15, 0.2) is 5.78 Å². The van der Waals surface area contributed by atoms with Crippen molar-refractivity contribution in [1.82, 2.24) is 0 Å². The predicted molar refractivity (Wildman–Crippen MR) is 90.1 cm³/mol. The standard InChI is InChI=1S/C14H10Br2N2O5/c1-7-6-10(11(15)12(16)13(7)19)17-23-14(20)8-2-4-9(5-3-8)18(21)22/h2-6,11-12H,1H3/b17-10+/t11-,12-/m0/s1. The molecule has 2 atom stereocenters. The van der Waals surface area contributed by atoms with Gasteiger partial charge in [0.25, 0.3) is 5.69 Å². The van der Waals surface area contributed by atoms with E-state index in [0.29, 0.717) is 11.3 Å². The minimum atomic E-state index is -0.749. The molecule has 0 radical (unpaired) electrons. The average molecular weight is 446 g/mol. The molecule has 0 fully saturated rings. The number of alkyl halides is 2. The second-order valence-electron chi connectivity index (χ2n) is 4.69. The fourth-order valence-corrected chi connectivity index (χ4v) is 2.90. The summed E-state index contributed by atoms with van der Waals surface area (Å²) in [5.41, 5.74) is 0.890. The van der Waals surface area contributed by atoms with Crippen LogP contribution in [0.1, 0.15) is 17.3 Å². The number of carbonyl (C=O) groups is 2. The minimum Gasteiger partial charge on any atom is -0.313 e. The Morgan fingerprint density at radius 2 is 1.87 bits per heavy atom. The molecule has 0 saturated carbocycles. The molecule has 0 unspecified atom stereocenters. The van der Waals surface area contributed by atoms with Crippen LogP contribution in [0.5, 0.6) is 0 Å². The number of allylic oxidation sites excluding steroid dienone is 2. The Kier molecular flexibility index (Phi) is 5.42. The highest BCUT2D eigenvalue weighted by atomic mass is 79.9. The molecule has 0 spiro atoms. The van der Waals surface area contributed by atoms with E-state index < -0.39 is 20.5 Å². The van der Waals surface area contributed by atoms with Crippen molar-refractivity contribution in [2.24, 2.45) is 5.16 Å². The summed E-state index contributed by atoms with van der Waals surface area (Å²) in [7, 11) is 0. The molecular weight excluding hydrogens is 436 g/mol. The van der Waals surface area contributed by atoms with E-state index in [2.05, 4.69) is 37.0 Å². The lowest BCUT2D eigenvalue weighted by atomic mass is 9.98. The van der Waals surface area contributed by atoms with Gasteiger partial charge in [-0.3, -0.25) is 14.9 Å². The van der Waals surface area contributed by atoms with E-state index in [0.717, 1.165) is 0 Å². The third-order valence-electron chi connectivity index (χ3n) is 3.09. The van der Waals surface area contributed by atoms with Gasteiger partial charge in [-0.2, -0.15) is 0 Å². The topological polar surface area (TPSA) is 98.9 Å². The van der Waals surface area contributed by atoms with E-state index in [-0.39, 0.29) is 17.0 Å². The molecule has 1 aromatic rings. The number of rotatable bonds is 3. The van der Waals surface area contributed by atoms with Crippen LogP contribution in [-0.4, -0.2) is 32.0 Å². The molecule has 120 valence electrons. The first kappa shape index (κ1) is 17.5. The number of nitro groups is 1. The van der Waals surface area contributed by atoms with Crippen LogP contribution in [0.2, 0.25) is 0 Å². The van der Waals surface area contributed by atoms with Crippen molar-refractivity contribution in [3.63, 3.8) is 0 Å². The Morgan fingerprint density at radius 1 is 1.26 bits per heavy atom. The molecule has 1 aromatic carbocycles. The van der Waals surface area contributed by atoms with Crippen LogP contribution >= 0.6 is 31.9 Å². The van der Waals surface area contributed by atoms with Gasteiger partial charge in [0, 0.05) is 12.1 Å². The van der Waals surface area contributed by atoms with Gasteiger partial charge in [-0.1, -0.05) is 37.0 Å². The summed E-state index contributed by atoms with van der Waals surface area (Å²) in [6.45, 7) is 1.64. The smallest absolute Gasteiger partial charge is 0.313 e. The highest BCUT2D eigenvalue weighted by Crippen LogP contribution is 2.26. The van der Waals surface area contributed by atoms with Gasteiger partial charge in [0.1, 0.15) is 0 Å². The molecule has 0 bridgehead atoms. The SMILES string of the molecule is CC1=C/C(=N\OC(=O)c2ccc([N+](=O)[O-])cc2)[C@H](Br)[C@H](Br)C1=O. The zero-order valence-corrected chi connectivity index (χ0v) is 14.9. The van der Waals surface area contributed by atoms with Gasteiger partial charge in [-0.25, -0.2) is 4.79 Å². The fraction of sp³-hybridized carbons (Fsp3) is 0.214. The fourth-order valence-electron chi connectivity index (χ4n) is 1.82. The normalized spacial score (nSPS) is 22.7. The molecule has 23 heavy (non-hydrogen) atoms. The summed E-state index contributed by atoms with van der Waals surface area (Å²) in [5, 5.41) is 14.3. The van der Waals surface area contributed by atoms with E-state index in [1.165, 1.54) is 30.3 Å². The zero-order valence-electron chi connectivity index (χ0n) is 11.7. The molecule has 1 aliphatic carbocycles. The van der Waals surface area contributed by atoms with Crippen molar-refractivity contribution >= 4 is 55.0 Å². The molecule has 0 N–H and O–H groups in total. The van der Waals surface area contributed by atoms with Crippen molar-refractivity contribution in [3.8, 4) is 0 Å². The van der Waals surface area contributed by atoms with Crippen LogP contribution in [0.4, 0.5) is 5.69 Å². The lowest BCUT2D eigenvalue weighted by Crippen LogP contribution is -2.35. The highest BCUT2D eigenvalue weighted by Gasteiger charge is 2.33. The first-order chi connectivity index (χ1) is 10.8. The number of nitrogens with zero attached hydrogens (tertiary/aromatic N) is 2. The number of nitro benzene ring substituents is 1. The Hall–Kier alpha value is -1.87. The summed E-state index contributed by atoms with van der Waals surface area (Å²) < 4.78 is 0. The first-order valence-corrected chi connectivity index (χ1v) is 8.18. The molecular formula is C14H10Br2N2O5. The van der Waals surface area contributed by atoms with Gasteiger partial charge in [0.2, 0.25) is 0 Å². The van der Waals surface area contributed by atoms with Gasteiger partial charge in [-0.05, 0) is 30.7 Å². The predicted octanol–water partition coefficient (Wildman–Crippen LogP) is 3.16. The third kappa shape index (κ3) is 3.91. The Labute approximate surface area is 147 Å². The Morgan fingerprint density at radius 3 is 2.43 bits per heavy atom. The van der Waals surface area contributed by atoms with E-state index in [9.17, 15) is 19.7 Å². The van der Waals surface area contributed by atoms with Crippen LogP contribution < -0.4 is 0 Å². The summed E-state index contributed by atoms with van der Waals surface area (Å²) in [5.74, 6) is -0.825. The summed E-state index contributed by atoms with van der Waals surface area (Å²) in [4.78, 5) is 37.6. The lowest BCUT2D eigenvalue weighted by molar-refractivity contribution is -0.384. The van der Waals surface area contributed by atoms with Gasteiger partial charge in [0.05, 0.1) is 25.9 Å². The molecule has 0 aromatic heterocycles. The zero-order chi connectivity index (χ0) is 17.1. The van der Waals surface area contributed by atoms with Crippen LogP contribution in [0.15, 0.2) is 41.1 Å². The van der Waals surface area contributed by atoms with Crippen molar-refractivity contribution in [2.45, 2.75) is 16.6 Å². The van der Waals surface area contributed by atoms with Crippen molar-refractivity contribution < 1.29 is 19.3 Å². The maximum absolute atomic E-state index is 11.9. The number of hydrogen-bond donors (Lipinski definition) is 0. The van der Waals surface area contributed by atoms with Crippen LogP contribution in [0.25, 0.3) is 0 Å². The molecule has 0 saturated heterocycles. The molecule has 0 aliphatic heterocycles. The average Bonchev–Trinajstić information content (AvgIpc) is 2.54. The maximum Gasteiger partial charge on any atom is 0.365 e. The largest absolute Gasteiger partial charge is 0.365 e. The number of hydrogen-bond acceptors (Lipinski definition) is 6. The van der Waals surface area contributed by atoms with E-state index in [4.69, 9.17) is 4.84 Å². The number of Topliss-reactive ketones (excluding diaryl/α,β-unsaturated/α-hetero) is 1. The van der Waals surface area contributed by atoms with Gasteiger partial charge < -0.3 is 4.84 Å². The van der Waals surface area contributed by atoms with E-state index in [1.807, 2.05) is 0 Å². The number of carbonyl (C=O) groups excluding carboxylic acids is 2. The van der Waals surface area contributed by atoms with Crippen LogP contribution in [0, 0.1) is 10.1 Å². The second kappa shape index (κ2) is 7.14. The molecule has 2 rings (SSSR count). The number of non-ortho nitro benzene ring substituents is 1. The van der Waals surface area contributed by atoms with Crippen LogP contribution in [-0.2, 0) is 9.63 Å². The highest BCUT2D eigenvalue weighted by molar-refractivity contribution is 9.12. The van der Waals surface area contributed by atoms with Gasteiger partial charge in [-0.15, -0.1) is 0 Å². The van der Waals surface area contributed by atoms with Gasteiger partial charge >= 0.3 is 5.97 Å². The monoisotopic (exact) mass is 444 g/mol. The summed E-state index contributed by atoms with van der Waals surface area (Å²) >= 11 is 6.56. The summed E-state index contributed by atoms with van der Waals surface area (Å²) in [6, 6.07) is 4.97.